The van der Waals surface area contributed by atoms with Crippen molar-refractivity contribution in [3.63, 3.8) is 0 Å². The van der Waals surface area contributed by atoms with Crippen molar-refractivity contribution in [2.45, 2.75) is 11.9 Å². The summed E-state index contributed by atoms with van der Waals surface area (Å²) in [5.41, 5.74) is -0.263. The van der Waals surface area contributed by atoms with Crippen molar-refractivity contribution in [1.82, 2.24) is 4.98 Å². The van der Waals surface area contributed by atoms with Crippen molar-refractivity contribution < 1.29 is 21.8 Å². The molecule has 0 amide bonds. The van der Waals surface area contributed by atoms with Crippen LogP contribution >= 0.6 is 15.9 Å². The van der Waals surface area contributed by atoms with E-state index < -0.39 is 41.3 Å². The zero-order valence-electron chi connectivity index (χ0n) is 10.1. The van der Waals surface area contributed by atoms with Gasteiger partial charge in [0.2, 0.25) is 10.0 Å². The molecule has 0 bridgehead atoms. The van der Waals surface area contributed by atoms with Crippen molar-refractivity contribution in [2.24, 2.45) is 5.14 Å². The lowest BCUT2D eigenvalue weighted by atomic mass is 10.3. The van der Waals surface area contributed by atoms with Gasteiger partial charge in [-0.1, -0.05) is 0 Å². The Morgan fingerprint density at radius 2 is 1.90 bits per heavy atom. The number of primary sulfonamides is 1. The standard InChI is InChI=1S/C8H10BrN3O6S2/c1-5-6(12(13)14)4-11-8(7(5)9)19(15,16)2-3-20(10,17)18/h4H,2-3H2,1H3,(H2,10,17,18). The lowest BCUT2D eigenvalue weighted by molar-refractivity contribution is -0.385. The summed E-state index contributed by atoms with van der Waals surface area (Å²) < 4.78 is 45.4. The van der Waals surface area contributed by atoms with Crippen LogP contribution in [0, 0.1) is 17.0 Å². The summed E-state index contributed by atoms with van der Waals surface area (Å²) in [7, 11) is -7.97. The van der Waals surface area contributed by atoms with Crippen molar-refractivity contribution in [3.8, 4) is 0 Å². The Balaban J connectivity index is 3.27. The molecule has 1 rings (SSSR count). The van der Waals surface area contributed by atoms with Crippen molar-refractivity contribution in [3.05, 3.63) is 26.3 Å². The second-order valence-electron chi connectivity index (χ2n) is 3.83. The maximum Gasteiger partial charge on any atom is 0.291 e. The SMILES string of the molecule is Cc1c([N+](=O)[O-])cnc(S(=O)(=O)CCS(N)(=O)=O)c1Br. The number of nitrogens with two attached hydrogens (primary N) is 1. The summed E-state index contributed by atoms with van der Waals surface area (Å²) in [5.74, 6) is -1.52. The van der Waals surface area contributed by atoms with Gasteiger partial charge in [0.25, 0.3) is 5.69 Å². The highest BCUT2D eigenvalue weighted by Crippen LogP contribution is 2.30. The molecule has 1 aromatic rings. The van der Waals surface area contributed by atoms with Gasteiger partial charge in [0, 0.05) is 5.56 Å². The van der Waals surface area contributed by atoms with E-state index in [0.717, 1.165) is 6.20 Å². The van der Waals surface area contributed by atoms with E-state index in [1.54, 1.807) is 0 Å². The van der Waals surface area contributed by atoms with E-state index in [-0.39, 0.29) is 15.7 Å². The molecule has 1 heterocycles. The number of nitro groups is 1. The van der Waals surface area contributed by atoms with Crippen LogP contribution < -0.4 is 5.14 Å². The zero-order valence-corrected chi connectivity index (χ0v) is 13.3. The third-order valence-corrected chi connectivity index (χ3v) is 6.24. The van der Waals surface area contributed by atoms with E-state index in [1.807, 2.05) is 0 Å². The largest absolute Gasteiger partial charge is 0.291 e. The fraction of sp³-hybridized carbons (Fsp3) is 0.375. The number of sulfonamides is 1. The van der Waals surface area contributed by atoms with Gasteiger partial charge in [-0.2, -0.15) is 0 Å². The molecule has 0 fully saturated rings. The summed E-state index contributed by atoms with van der Waals surface area (Å²) in [4.78, 5) is 13.5. The van der Waals surface area contributed by atoms with E-state index in [9.17, 15) is 26.9 Å². The fourth-order valence-electron chi connectivity index (χ4n) is 1.27. The molecular weight excluding hydrogens is 378 g/mol. The molecule has 0 radical (unpaired) electrons. The molecule has 0 aromatic carbocycles. The average molecular weight is 388 g/mol. The molecule has 0 saturated heterocycles. The number of hydrogen-bond acceptors (Lipinski definition) is 7. The highest BCUT2D eigenvalue weighted by molar-refractivity contribution is 9.10. The summed E-state index contributed by atoms with van der Waals surface area (Å²) in [6, 6.07) is 0. The number of sulfone groups is 1. The van der Waals surface area contributed by atoms with Gasteiger partial charge in [-0.15, -0.1) is 0 Å². The van der Waals surface area contributed by atoms with Crippen LogP contribution in [0.15, 0.2) is 15.7 Å². The lowest BCUT2D eigenvalue weighted by Crippen LogP contribution is -2.24. The molecule has 0 aliphatic carbocycles. The Morgan fingerprint density at radius 3 is 2.35 bits per heavy atom. The maximum absolute atomic E-state index is 12.0. The normalized spacial score (nSPS) is 12.3. The van der Waals surface area contributed by atoms with E-state index >= 15 is 0 Å². The summed E-state index contributed by atoms with van der Waals surface area (Å²) in [6.07, 6.45) is 0.809. The van der Waals surface area contributed by atoms with Gasteiger partial charge in [0.05, 0.1) is 20.9 Å². The van der Waals surface area contributed by atoms with Crippen molar-refractivity contribution in [1.29, 1.82) is 0 Å². The fourth-order valence-corrected chi connectivity index (χ4v) is 4.95. The molecule has 0 atom stereocenters. The minimum Gasteiger partial charge on any atom is -0.258 e. The Morgan fingerprint density at radius 1 is 1.35 bits per heavy atom. The molecule has 12 heteroatoms. The molecule has 0 saturated carbocycles. The number of pyridine rings is 1. The van der Waals surface area contributed by atoms with Crippen molar-refractivity contribution in [2.75, 3.05) is 11.5 Å². The van der Waals surface area contributed by atoms with Crippen LogP contribution in [-0.2, 0) is 19.9 Å². The quantitative estimate of drug-likeness (QED) is 0.556. The molecule has 2 N–H and O–H groups in total. The highest BCUT2D eigenvalue weighted by atomic mass is 79.9. The van der Waals surface area contributed by atoms with Crippen LogP contribution in [0.4, 0.5) is 5.69 Å². The van der Waals surface area contributed by atoms with Gasteiger partial charge in [-0.25, -0.2) is 27.0 Å². The van der Waals surface area contributed by atoms with Crippen LogP contribution in [0.3, 0.4) is 0 Å². The molecule has 0 aliphatic heterocycles. The molecule has 0 aliphatic rings. The lowest BCUT2D eigenvalue weighted by Gasteiger charge is -2.07. The summed E-state index contributed by atoms with van der Waals surface area (Å²) >= 11 is 2.93. The van der Waals surface area contributed by atoms with Crippen LogP contribution in [0.1, 0.15) is 5.56 Å². The first-order valence-electron chi connectivity index (χ1n) is 4.98. The van der Waals surface area contributed by atoms with Gasteiger partial charge in [0.15, 0.2) is 14.9 Å². The molecule has 0 spiro atoms. The van der Waals surface area contributed by atoms with Gasteiger partial charge in [-0.05, 0) is 22.9 Å². The third kappa shape index (κ3) is 3.94. The van der Waals surface area contributed by atoms with Crippen LogP contribution in [-0.4, -0.2) is 38.2 Å². The molecule has 1 aromatic heterocycles. The Labute approximate surface area is 123 Å². The smallest absolute Gasteiger partial charge is 0.258 e. The summed E-state index contributed by atoms with van der Waals surface area (Å²) in [6.45, 7) is 1.35. The first kappa shape index (κ1) is 16.9. The second kappa shape index (κ2) is 5.71. The number of halogens is 1. The zero-order chi connectivity index (χ0) is 15.7. The number of aromatic nitrogens is 1. The molecule has 20 heavy (non-hydrogen) atoms. The summed E-state index contributed by atoms with van der Waals surface area (Å²) in [5, 5.41) is 15.0. The van der Waals surface area contributed by atoms with Crippen LogP contribution in [0.5, 0.6) is 0 Å². The molecule has 9 nitrogen and oxygen atoms in total. The first-order valence-corrected chi connectivity index (χ1v) is 9.14. The number of rotatable bonds is 5. The van der Waals surface area contributed by atoms with Crippen LogP contribution in [0.25, 0.3) is 0 Å². The van der Waals surface area contributed by atoms with E-state index in [2.05, 4.69) is 20.9 Å². The van der Waals surface area contributed by atoms with Gasteiger partial charge in [-0.3, -0.25) is 10.1 Å². The van der Waals surface area contributed by atoms with Crippen molar-refractivity contribution >= 4 is 41.5 Å². The Bertz CT molecular complexity index is 759. The first-order chi connectivity index (χ1) is 8.96. The molecular formula is C8H10BrN3O6S2. The van der Waals surface area contributed by atoms with Crippen LogP contribution in [0.2, 0.25) is 0 Å². The number of nitrogens with zero attached hydrogens (tertiary/aromatic N) is 2. The van der Waals surface area contributed by atoms with E-state index in [4.69, 9.17) is 5.14 Å². The Hall–Kier alpha value is -1.11. The minimum absolute atomic E-state index is 0.0684. The van der Waals surface area contributed by atoms with Gasteiger partial charge >= 0.3 is 0 Å². The predicted molar refractivity (Wildman–Crippen MR) is 73.4 cm³/mol. The second-order valence-corrected chi connectivity index (χ2v) is 8.38. The topological polar surface area (TPSA) is 150 Å². The van der Waals surface area contributed by atoms with Gasteiger partial charge < -0.3 is 0 Å². The van der Waals surface area contributed by atoms with Gasteiger partial charge in [0.1, 0.15) is 6.20 Å². The molecule has 0 unspecified atom stereocenters. The maximum atomic E-state index is 12.0. The predicted octanol–water partition coefficient (Wildman–Crippen LogP) is 0.123. The molecule has 112 valence electrons. The average Bonchev–Trinajstić information content (AvgIpc) is 2.28. The highest BCUT2D eigenvalue weighted by Gasteiger charge is 2.26. The third-order valence-electron chi connectivity index (χ3n) is 2.33. The number of hydrogen-bond donors (Lipinski definition) is 1. The minimum atomic E-state index is -4.03. The monoisotopic (exact) mass is 387 g/mol. The van der Waals surface area contributed by atoms with E-state index in [0.29, 0.717) is 0 Å². The van der Waals surface area contributed by atoms with E-state index in [1.165, 1.54) is 6.92 Å². The Kier molecular flexibility index (Phi) is 4.84.